The van der Waals surface area contributed by atoms with Crippen LogP contribution >= 0.6 is 0 Å². The molecule has 2 heterocycles. The van der Waals surface area contributed by atoms with Gasteiger partial charge in [-0.3, -0.25) is 9.78 Å². The summed E-state index contributed by atoms with van der Waals surface area (Å²) in [5, 5.41) is 0. The Morgan fingerprint density at radius 2 is 2.06 bits per heavy atom. The van der Waals surface area contributed by atoms with E-state index >= 15 is 0 Å². The van der Waals surface area contributed by atoms with Crippen molar-refractivity contribution in [3.63, 3.8) is 0 Å². The summed E-state index contributed by atoms with van der Waals surface area (Å²) < 4.78 is 5.83. The molecule has 4 heteroatoms. The second-order valence-corrected chi connectivity index (χ2v) is 5.71. The Bertz CT molecular complexity index is 412. The molecule has 0 spiro atoms. The molecule has 1 amide bonds. The third-order valence-corrected chi connectivity index (χ3v) is 3.03. The Kier molecular flexibility index (Phi) is 3.55. The summed E-state index contributed by atoms with van der Waals surface area (Å²) in [5.41, 5.74) is -0.314. The first-order valence-electron chi connectivity index (χ1n) is 6.33. The Morgan fingerprint density at radius 1 is 1.39 bits per heavy atom. The summed E-state index contributed by atoms with van der Waals surface area (Å²) in [6.45, 7) is 7.31. The van der Waals surface area contributed by atoms with E-state index in [9.17, 15) is 4.79 Å². The first-order chi connectivity index (χ1) is 8.47. The van der Waals surface area contributed by atoms with Crippen molar-refractivity contribution in [1.82, 2.24) is 9.88 Å². The van der Waals surface area contributed by atoms with Crippen molar-refractivity contribution in [3.8, 4) is 5.75 Å². The predicted octanol–water partition coefficient (Wildman–Crippen LogP) is 2.11. The standard InChI is InChI=1S/C14H20N2O2/c1-14(2,3)13(17)16-9-6-12(10-16)18-11-4-7-15-8-5-11/h4-5,7-8,12H,6,9-10H2,1-3H3. The number of likely N-dealkylation sites (tertiary alicyclic amines) is 1. The highest BCUT2D eigenvalue weighted by molar-refractivity contribution is 5.81. The minimum absolute atomic E-state index is 0.0960. The van der Waals surface area contributed by atoms with E-state index in [2.05, 4.69) is 4.98 Å². The van der Waals surface area contributed by atoms with Gasteiger partial charge in [0.2, 0.25) is 5.91 Å². The van der Waals surface area contributed by atoms with Crippen LogP contribution in [0.2, 0.25) is 0 Å². The summed E-state index contributed by atoms with van der Waals surface area (Å²) in [6.07, 6.45) is 4.41. The molecule has 0 aliphatic carbocycles. The Hall–Kier alpha value is -1.58. The Balaban J connectivity index is 1.91. The SMILES string of the molecule is CC(C)(C)C(=O)N1CCC(Oc2ccncc2)C1. The minimum Gasteiger partial charge on any atom is -0.488 e. The average molecular weight is 248 g/mol. The van der Waals surface area contributed by atoms with Crippen molar-refractivity contribution in [3.05, 3.63) is 24.5 Å². The number of pyridine rings is 1. The highest BCUT2D eigenvalue weighted by Crippen LogP contribution is 2.23. The molecule has 4 nitrogen and oxygen atoms in total. The van der Waals surface area contributed by atoms with Crippen LogP contribution in [-0.2, 0) is 4.79 Å². The van der Waals surface area contributed by atoms with Crippen LogP contribution in [0.3, 0.4) is 0 Å². The quantitative estimate of drug-likeness (QED) is 0.805. The largest absolute Gasteiger partial charge is 0.488 e. The van der Waals surface area contributed by atoms with Crippen molar-refractivity contribution in [2.45, 2.75) is 33.3 Å². The van der Waals surface area contributed by atoms with Crippen LogP contribution in [-0.4, -0.2) is 35.0 Å². The molecule has 1 aromatic heterocycles. The van der Waals surface area contributed by atoms with Gasteiger partial charge in [0, 0.05) is 30.8 Å². The van der Waals surface area contributed by atoms with E-state index in [0.717, 1.165) is 18.7 Å². The maximum atomic E-state index is 12.1. The third-order valence-electron chi connectivity index (χ3n) is 3.03. The summed E-state index contributed by atoms with van der Waals surface area (Å²) in [6, 6.07) is 3.68. The van der Waals surface area contributed by atoms with Gasteiger partial charge in [0.1, 0.15) is 11.9 Å². The van der Waals surface area contributed by atoms with Crippen LogP contribution in [0.5, 0.6) is 5.75 Å². The number of nitrogens with zero attached hydrogens (tertiary/aromatic N) is 2. The molecule has 1 aliphatic heterocycles. The van der Waals surface area contributed by atoms with Gasteiger partial charge in [-0.1, -0.05) is 20.8 Å². The molecule has 0 aromatic carbocycles. The number of hydrogen-bond acceptors (Lipinski definition) is 3. The molecule has 1 aliphatic rings. The fourth-order valence-corrected chi connectivity index (χ4v) is 2.09. The second kappa shape index (κ2) is 4.96. The lowest BCUT2D eigenvalue weighted by molar-refractivity contribution is -0.138. The molecule has 0 saturated carbocycles. The van der Waals surface area contributed by atoms with Gasteiger partial charge in [-0.2, -0.15) is 0 Å². The van der Waals surface area contributed by atoms with Crippen molar-refractivity contribution < 1.29 is 9.53 Å². The fraction of sp³-hybridized carbons (Fsp3) is 0.571. The van der Waals surface area contributed by atoms with Crippen molar-refractivity contribution in [2.75, 3.05) is 13.1 Å². The summed E-state index contributed by atoms with van der Waals surface area (Å²) in [7, 11) is 0. The molecule has 0 radical (unpaired) electrons. The van der Waals surface area contributed by atoms with Gasteiger partial charge in [0.15, 0.2) is 0 Å². The molecular formula is C14H20N2O2. The van der Waals surface area contributed by atoms with Gasteiger partial charge in [-0.25, -0.2) is 0 Å². The van der Waals surface area contributed by atoms with Gasteiger partial charge < -0.3 is 9.64 Å². The van der Waals surface area contributed by atoms with Crippen LogP contribution in [0.4, 0.5) is 0 Å². The van der Waals surface area contributed by atoms with Gasteiger partial charge in [0.05, 0.1) is 6.54 Å². The number of amides is 1. The zero-order valence-corrected chi connectivity index (χ0v) is 11.2. The smallest absolute Gasteiger partial charge is 0.228 e. The van der Waals surface area contributed by atoms with E-state index in [4.69, 9.17) is 4.74 Å². The lowest BCUT2D eigenvalue weighted by atomic mass is 9.95. The molecular weight excluding hydrogens is 228 g/mol. The highest BCUT2D eigenvalue weighted by atomic mass is 16.5. The van der Waals surface area contributed by atoms with Crippen molar-refractivity contribution in [1.29, 1.82) is 0 Å². The number of carbonyl (C=O) groups is 1. The Labute approximate surface area is 108 Å². The van der Waals surface area contributed by atoms with E-state index in [0.29, 0.717) is 6.54 Å². The van der Waals surface area contributed by atoms with Crippen molar-refractivity contribution in [2.24, 2.45) is 5.41 Å². The average Bonchev–Trinajstić information content (AvgIpc) is 2.76. The number of aromatic nitrogens is 1. The topological polar surface area (TPSA) is 42.4 Å². The van der Waals surface area contributed by atoms with Crippen LogP contribution in [0.1, 0.15) is 27.2 Å². The maximum absolute atomic E-state index is 12.1. The van der Waals surface area contributed by atoms with Gasteiger partial charge in [0.25, 0.3) is 0 Å². The number of rotatable bonds is 2. The van der Waals surface area contributed by atoms with Gasteiger partial charge >= 0.3 is 0 Å². The van der Waals surface area contributed by atoms with Crippen LogP contribution in [0.25, 0.3) is 0 Å². The molecule has 1 unspecified atom stereocenters. The molecule has 1 atom stereocenters. The monoisotopic (exact) mass is 248 g/mol. The molecule has 0 bridgehead atoms. The van der Waals surface area contributed by atoms with Crippen LogP contribution in [0.15, 0.2) is 24.5 Å². The van der Waals surface area contributed by atoms with E-state index in [-0.39, 0.29) is 17.4 Å². The predicted molar refractivity (Wildman–Crippen MR) is 69.3 cm³/mol. The van der Waals surface area contributed by atoms with Crippen LogP contribution < -0.4 is 4.74 Å². The second-order valence-electron chi connectivity index (χ2n) is 5.71. The minimum atomic E-state index is -0.314. The first-order valence-corrected chi connectivity index (χ1v) is 6.33. The van der Waals surface area contributed by atoms with E-state index in [1.165, 1.54) is 0 Å². The van der Waals surface area contributed by atoms with E-state index < -0.39 is 0 Å². The highest BCUT2D eigenvalue weighted by Gasteiger charge is 2.33. The van der Waals surface area contributed by atoms with E-state index in [1.54, 1.807) is 12.4 Å². The fourth-order valence-electron chi connectivity index (χ4n) is 2.09. The van der Waals surface area contributed by atoms with Gasteiger partial charge in [-0.05, 0) is 12.1 Å². The normalized spacial score (nSPS) is 19.9. The molecule has 1 aromatic rings. The van der Waals surface area contributed by atoms with Gasteiger partial charge in [-0.15, -0.1) is 0 Å². The summed E-state index contributed by atoms with van der Waals surface area (Å²) in [4.78, 5) is 18.0. The molecule has 2 rings (SSSR count). The molecule has 1 fully saturated rings. The lowest BCUT2D eigenvalue weighted by Crippen LogP contribution is -2.38. The Morgan fingerprint density at radius 3 is 2.67 bits per heavy atom. The molecule has 98 valence electrons. The molecule has 1 saturated heterocycles. The summed E-state index contributed by atoms with van der Waals surface area (Å²) >= 11 is 0. The zero-order chi connectivity index (χ0) is 13.2. The molecule has 18 heavy (non-hydrogen) atoms. The summed E-state index contributed by atoms with van der Waals surface area (Å²) in [5.74, 6) is 1.02. The lowest BCUT2D eigenvalue weighted by Gasteiger charge is -2.25. The van der Waals surface area contributed by atoms with Crippen molar-refractivity contribution >= 4 is 5.91 Å². The van der Waals surface area contributed by atoms with Crippen LogP contribution in [0, 0.1) is 5.41 Å². The zero-order valence-electron chi connectivity index (χ0n) is 11.2. The first kappa shape index (κ1) is 12.9. The number of ether oxygens (including phenoxy) is 1. The molecule has 0 N–H and O–H groups in total. The third kappa shape index (κ3) is 3.00. The number of hydrogen-bond donors (Lipinski definition) is 0. The van der Waals surface area contributed by atoms with E-state index in [1.807, 2.05) is 37.8 Å². The maximum Gasteiger partial charge on any atom is 0.228 e. The number of carbonyl (C=O) groups excluding carboxylic acids is 1.